The molecule has 174 valence electrons. The largest absolute Gasteiger partial charge is 0.481 e. The molecule has 0 saturated carbocycles. The van der Waals surface area contributed by atoms with Gasteiger partial charge in [0, 0.05) is 50.4 Å². The van der Waals surface area contributed by atoms with Crippen LogP contribution in [-0.2, 0) is 11.3 Å². The normalized spacial score (nSPS) is 21.9. The SMILES string of the molecule is COc1cccc(CN2CC3(C2)C(C(=O)N2CCCC2)c2ccccc2C(=O)N3C(C)C)n1. The van der Waals surface area contributed by atoms with E-state index in [2.05, 4.69) is 23.7 Å². The van der Waals surface area contributed by atoms with Crippen LogP contribution in [-0.4, -0.2) is 76.4 Å². The molecule has 1 atom stereocenters. The van der Waals surface area contributed by atoms with E-state index < -0.39 is 5.54 Å². The number of benzene rings is 1. The molecule has 0 N–H and O–H groups in total. The van der Waals surface area contributed by atoms with Crippen LogP contribution in [0.5, 0.6) is 5.88 Å². The van der Waals surface area contributed by atoms with Crippen molar-refractivity contribution >= 4 is 11.8 Å². The molecule has 2 aromatic rings. The summed E-state index contributed by atoms with van der Waals surface area (Å²) in [4.78, 5) is 38.4. The Morgan fingerprint density at radius 2 is 1.85 bits per heavy atom. The number of methoxy groups -OCH3 is 1. The summed E-state index contributed by atoms with van der Waals surface area (Å²) >= 11 is 0. The van der Waals surface area contributed by atoms with Crippen LogP contribution in [0.2, 0.25) is 0 Å². The number of carbonyl (C=O) groups excluding carboxylic acids is 2. The maximum atomic E-state index is 13.9. The molecule has 3 aliphatic rings. The highest BCUT2D eigenvalue weighted by atomic mass is 16.5. The number of pyridine rings is 1. The number of hydrogen-bond donors (Lipinski definition) is 0. The first-order chi connectivity index (χ1) is 15.9. The van der Waals surface area contributed by atoms with Gasteiger partial charge in [0.2, 0.25) is 11.8 Å². The first kappa shape index (κ1) is 21.9. The summed E-state index contributed by atoms with van der Waals surface area (Å²) in [5, 5.41) is 0. The van der Waals surface area contributed by atoms with Gasteiger partial charge >= 0.3 is 0 Å². The lowest BCUT2D eigenvalue weighted by Gasteiger charge is -2.62. The summed E-state index contributed by atoms with van der Waals surface area (Å²) in [6.07, 6.45) is 2.10. The zero-order valence-electron chi connectivity index (χ0n) is 19.7. The second-order valence-electron chi connectivity index (χ2n) is 9.74. The molecule has 7 heteroatoms. The number of likely N-dealkylation sites (tertiary alicyclic amines) is 2. The van der Waals surface area contributed by atoms with E-state index in [1.165, 1.54) is 0 Å². The van der Waals surface area contributed by atoms with Crippen molar-refractivity contribution in [1.29, 1.82) is 0 Å². The number of hydrogen-bond acceptors (Lipinski definition) is 5. The van der Waals surface area contributed by atoms with E-state index in [4.69, 9.17) is 4.74 Å². The van der Waals surface area contributed by atoms with Crippen molar-refractivity contribution in [3.63, 3.8) is 0 Å². The average molecular weight is 449 g/mol. The van der Waals surface area contributed by atoms with Crippen molar-refractivity contribution in [3.8, 4) is 5.88 Å². The third-order valence-corrected chi connectivity index (χ3v) is 7.29. The molecular formula is C26H32N4O3. The van der Waals surface area contributed by atoms with E-state index in [0.29, 0.717) is 31.1 Å². The monoisotopic (exact) mass is 448 g/mol. The third kappa shape index (κ3) is 3.59. The average Bonchev–Trinajstić information content (AvgIpc) is 3.33. The zero-order valence-corrected chi connectivity index (χ0v) is 19.7. The Morgan fingerprint density at radius 3 is 2.55 bits per heavy atom. The molecular weight excluding hydrogens is 416 g/mol. The van der Waals surface area contributed by atoms with Crippen LogP contribution >= 0.6 is 0 Å². The predicted octanol–water partition coefficient (Wildman–Crippen LogP) is 2.92. The Bertz CT molecular complexity index is 1060. The quantitative estimate of drug-likeness (QED) is 0.704. The topological polar surface area (TPSA) is 66.0 Å². The van der Waals surface area contributed by atoms with Gasteiger partial charge in [-0.05, 0) is 44.4 Å². The van der Waals surface area contributed by atoms with Crippen molar-refractivity contribution in [2.24, 2.45) is 0 Å². The summed E-state index contributed by atoms with van der Waals surface area (Å²) in [5.41, 5.74) is 1.93. The van der Waals surface area contributed by atoms with E-state index in [1.54, 1.807) is 7.11 Å². The number of amides is 2. The van der Waals surface area contributed by atoms with Crippen LogP contribution in [0.3, 0.4) is 0 Å². The molecule has 2 saturated heterocycles. The lowest BCUT2D eigenvalue weighted by atomic mass is 9.67. The van der Waals surface area contributed by atoms with E-state index in [-0.39, 0.29) is 23.8 Å². The lowest BCUT2D eigenvalue weighted by molar-refractivity contribution is -0.144. The maximum Gasteiger partial charge on any atom is 0.254 e. The van der Waals surface area contributed by atoms with E-state index in [1.807, 2.05) is 52.3 Å². The number of ether oxygens (including phenoxy) is 1. The Balaban J connectivity index is 1.51. The molecule has 2 amide bonds. The van der Waals surface area contributed by atoms with Crippen molar-refractivity contribution in [3.05, 3.63) is 59.3 Å². The second kappa shape index (κ2) is 8.45. The molecule has 4 heterocycles. The molecule has 1 aromatic heterocycles. The Morgan fingerprint density at radius 1 is 1.12 bits per heavy atom. The van der Waals surface area contributed by atoms with Crippen molar-refractivity contribution in [1.82, 2.24) is 19.7 Å². The van der Waals surface area contributed by atoms with Gasteiger partial charge in [0.05, 0.1) is 24.3 Å². The Kier molecular flexibility index (Phi) is 5.60. The van der Waals surface area contributed by atoms with Crippen LogP contribution in [0.25, 0.3) is 0 Å². The summed E-state index contributed by atoms with van der Waals surface area (Å²) in [6, 6.07) is 13.5. The number of fused-ring (bicyclic) bond motifs is 1. The molecule has 5 rings (SSSR count). The van der Waals surface area contributed by atoms with Gasteiger partial charge in [-0.2, -0.15) is 0 Å². The second-order valence-corrected chi connectivity index (χ2v) is 9.74. The summed E-state index contributed by atoms with van der Waals surface area (Å²) in [5.74, 6) is 0.444. The summed E-state index contributed by atoms with van der Waals surface area (Å²) in [7, 11) is 1.62. The van der Waals surface area contributed by atoms with Gasteiger partial charge in [-0.25, -0.2) is 4.98 Å². The van der Waals surface area contributed by atoms with Gasteiger partial charge in [0.1, 0.15) is 0 Å². The Hall–Kier alpha value is -2.93. The number of nitrogens with zero attached hydrogens (tertiary/aromatic N) is 4. The fraction of sp³-hybridized carbons (Fsp3) is 0.500. The van der Waals surface area contributed by atoms with Crippen LogP contribution in [0, 0.1) is 0 Å². The van der Waals surface area contributed by atoms with Gasteiger partial charge in [-0.3, -0.25) is 14.5 Å². The molecule has 2 fully saturated rings. The first-order valence-corrected chi connectivity index (χ1v) is 11.9. The highest BCUT2D eigenvalue weighted by Crippen LogP contribution is 2.48. The molecule has 1 aromatic carbocycles. The van der Waals surface area contributed by atoms with E-state index in [9.17, 15) is 9.59 Å². The number of rotatable bonds is 5. The van der Waals surface area contributed by atoms with E-state index in [0.717, 1.165) is 37.2 Å². The van der Waals surface area contributed by atoms with Gasteiger partial charge in [0.15, 0.2) is 0 Å². The molecule has 1 spiro atoms. The third-order valence-electron chi connectivity index (χ3n) is 7.29. The highest BCUT2D eigenvalue weighted by molar-refractivity contribution is 6.02. The molecule has 3 aliphatic heterocycles. The van der Waals surface area contributed by atoms with Crippen molar-refractivity contribution in [2.45, 2.75) is 50.7 Å². The molecule has 33 heavy (non-hydrogen) atoms. The fourth-order valence-corrected chi connectivity index (χ4v) is 6.00. The minimum atomic E-state index is -0.544. The molecule has 0 aliphatic carbocycles. The van der Waals surface area contributed by atoms with Crippen molar-refractivity contribution in [2.75, 3.05) is 33.3 Å². The highest BCUT2D eigenvalue weighted by Gasteiger charge is 2.61. The minimum Gasteiger partial charge on any atom is -0.481 e. The molecule has 0 bridgehead atoms. The zero-order chi connectivity index (χ0) is 23.2. The summed E-state index contributed by atoms with van der Waals surface area (Å²) < 4.78 is 5.27. The smallest absolute Gasteiger partial charge is 0.254 e. The minimum absolute atomic E-state index is 0.00294. The molecule has 7 nitrogen and oxygen atoms in total. The Labute approximate surface area is 195 Å². The van der Waals surface area contributed by atoms with Crippen molar-refractivity contribution < 1.29 is 14.3 Å². The fourth-order valence-electron chi connectivity index (χ4n) is 6.00. The number of aromatic nitrogens is 1. The first-order valence-electron chi connectivity index (χ1n) is 11.9. The predicted molar refractivity (Wildman–Crippen MR) is 125 cm³/mol. The number of carbonyl (C=O) groups is 2. The molecule has 0 radical (unpaired) electrons. The van der Waals surface area contributed by atoms with Crippen LogP contribution in [0.1, 0.15) is 54.2 Å². The van der Waals surface area contributed by atoms with Crippen LogP contribution < -0.4 is 4.74 Å². The van der Waals surface area contributed by atoms with Gasteiger partial charge in [-0.15, -0.1) is 0 Å². The molecule has 1 unspecified atom stereocenters. The van der Waals surface area contributed by atoms with Gasteiger partial charge < -0.3 is 14.5 Å². The maximum absolute atomic E-state index is 13.9. The summed E-state index contributed by atoms with van der Waals surface area (Å²) in [6.45, 7) is 7.67. The lowest BCUT2D eigenvalue weighted by Crippen LogP contribution is -2.77. The standard InChI is InChI=1S/C26H32N4O3/c1-18(2)30-24(31)21-11-5-4-10-20(21)23(25(32)29-13-6-7-14-29)26(30)16-28(17-26)15-19-9-8-12-22(27-19)33-3/h4-5,8-12,18,23H,6-7,13-17H2,1-3H3. The van der Waals surface area contributed by atoms with Crippen LogP contribution in [0.15, 0.2) is 42.5 Å². The van der Waals surface area contributed by atoms with Crippen LogP contribution in [0.4, 0.5) is 0 Å². The van der Waals surface area contributed by atoms with E-state index >= 15 is 0 Å². The van der Waals surface area contributed by atoms with Gasteiger partial charge in [-0.1, -0.05) is 24.3 Å². The van der Waals surface area contributed by atoms with Gasteiger partial charge in [0.25, 0.3) is 5.91 Å².